The van der Waals surface area contributed by atoms with Crippen LogP contribution in [0.5, 0.6) is 0 Å². The Hall–Kier alpha value is -2.34. The van der Waals surface area contributed by atoms with E-state index in [0.717, 1.165) is 10.9 Å². The number of rotatable bonds is 4. The lowest BCUT2D eigenvalue weighted by Gasteiger charge is -2.32. The number of amides is 1. The van der Waals surface area contributed by atoms with E-state index in [1.165, 1.54) is 0 Å². The first kappa shape index (κ1) is 15.6. The molecule has 2 N–H and O–H groups in total. The van der Waals surface area contributed by atoms with Crippen molar-refractivity contribution in [2.45, 2.75) is 19.8 Å². The van der Waals surface area contributed by atoms with Crippen LogP contribution in [-0.4, -0.2) is 36.7 Å². The number of furan rings is 1. The summed E-state index contributed by atoms with van der Waals surface area (Å²) >= 11 is 0. The van der Waals surface area contributed by atoms with E-state index in [2.05, 4.69) is 5.32 Å². The Morgan fingerprint density at radius 3 is 2.70 bits per heavy atom. The Balaban J connectivity index is 1.73. The molecule has 1 amide bonds. The van der Waals surface area contributed by atoms with Crippen molar-refractivity contribution in [2.75, 3.05) is 19.8 Å². The SMILES string of the molecule is Cc1ccc2oc(C(=O)NCC3(C(=O)O)CCOCC3)cc2c1. The van der Waals surface area contributed by atoms with Gasteiger partial charge in [-0.2, -0.15) is 0 Å². The summed E-state index contributed by atoms with van der Waals surface area (Å²) in [5.41, 5.74) is 0.758. The number of carbonyl (C=O) groups excluding carboxylic acids is 1. The molecule has 1 aromatic heterocycles. The second kappa shape index (κ2) is 6.04. The molecule has 1 aromatic carbocycles. The number of carboxylic acids is 1. The first-order valence-corrected chi connectivity index (χ1v) is 7.60. The van der Waals surface area contributed by atoms with E-state index >= 15 is 0 Å². The molecule has 6 heteroatoms. The minimum Gasteiger partial charge on any atom is -0.481 e. The normalized spacial score (nSPS) is 17.1. The van der Waals surface area contributed by atoms with Crippen LogP contribution in [0, 0.1) is 12.3 Å². The molecule has 0 atom stereocenters. The van der Waals surface area contributed by atoms with Gasteiger partial charge in [-0.3, -0.25) is 9.59 Å². The number of ether oxygens (including phenoxy) is 1. The van der Waals surface area contributed by atoms with Gasteiger partial charge in [-0.15, -0.1) is 0 Å². The molecule has 2 aromatic rings. The molecule has 0 bridgehead atoms. The number of hydrogen-bond acceptors (Lipinski definition) is 4. The fraction of sp³-hybridized carbons (Fsp3) is 0.412. The predicted octanol–water partition coefficient (Wildman–Crippen LogP) is 2.35. The van der Waals surface area contributed by atoms with Gasteiger partial charge in [0.05, 0.1) is 5.41 Å². The average Bonchev–Trinajstić information content (AvgIpc) is 2.96. The van der Waals surface area contributed by atoms with E-state index in [-0.39, 0.29) is 12.3 Å². The molecule has 0 radical (unpaired) electrons. The van der Waals surface area contributed by atoms with Crippen LogP contribution in [0.2, 0.25) is 0 Å². The van der Waals surface area contributed by atoms with E-state index in [1.807, 2.05) is 25.1 Å². The van der Waals surface area contributed by atoms with Crippen molar-refractivity contribution in [1.82, 2.24) is 5.32 Å². The molecule has 1 aliphatic rings. The lowest BCUT2D eigenvalue weighted by atomic mass is 9.80. The van der Waals surface area contributed by atoms with Gasteiger partial charge in [-0.1, -0.05) is 11.6 Å². The highest BCUT2D eigenvalue weighted by Crippen LogP contribution is 2.30. The first-order valence-electron chi connectivity index (χ1n) is 7.60. The van der Waals surface area contributed by atoms with Crippen LogP contribution in [0.4, 0.5) is 0 Å². The quantitative estimate of drug-likeness (QED) is 0.903. The van der Waals surface area contributed by atoms with Gasteiger partial charge in [0.2, 0.25) is 0 Å². The molecule has 3 rings (SSSR count). The largest absolute Gasteiger partial charge is 0.481 e. The van der Waals surface area contributed by atoms with E-state index in [0.29, 0.717) is 31.6 Å². The molecule has 0 unspecified atom stereocenters. The molecule has 1 saturated heterocycles. The van der Waals surface area contributed by atoms with Gasteiger partial charge in [-0.25, -0.2) is 0 Å². The molecular weight excluding hydrogens is 298 g/mol. The van der Waals surface area contributed by atoms with Crippen LogP contribution < -0.4 is 5.32 Å². The van der Waals surface area contributed by atoms with Crippen LogP contribution in [0.15, 0.2) is 28.7 Å². The van der Waals surface area contributed by atoms with Crippen molar-refractivity contribution in [3.05, 3.63) is 35.6 Å². The van der Waals surface area contributed by atoms with Crippen LogP contribution >= 0.6 is 0 Å². The van der Waals surface area contributed by atoms with E-state index < -0.39 is 17.3 Å². The Kier molecular flexibility index (Phi) is 4.09. The third-order valence-corrected chi connectivity index (χ3v) is 4.39. The standard InChI is InChI=1S/C17H19NO5/c1-11-2-3-13-12(8-11)9-14(23-13)15(19)18-10-17(16(20)21)4-6-22-7-5-17/h2-3,8-9H,4-7,10H2,1H3,(H,18,19)(H,20,21). The zero-order valence-electron chi connectivity index (χ0n) is 12.9. The average molecular weight is 317 g/mol. The molecule has 23 heavy (non-hydrogen) atoms. The van der Waals surface area contributed by atoms with Gasteiger partial charge in [0, 0.05) is 25.1 Å². The number of fused-ring (bicyclic) bond motifs is 1. The highest BCUT2D eigenvalue weighted by atomic mass is 16.5. The van der Waals surface area contributed by atoms with E-state index in [4.69, 9.17) is 9.15 Å². The number of aliphatic carboxylic acids is 1. The van der Waals surface area contributed by atoms with Gasteiger partial charge in [-0.05, 0) is 38.0 Å². The summed E-state index contributed by atoms with van der Waals surface area (Å²) in [6.45, 7) is 2.83. The predicted molar refractivity (Wildman–Crippen MR) is 83.4 cm³/mol. The highest BCUT2D eigenvalue weighted by molar-refractivity contribution is 5.96. The second-order valence-corrected chi connectivity index (χ2v) is 6.03. The molecule has 1 fully saturated rings. The van der Waals surface area contributed by atoms with Crippen molar-refractivity contribution in [1.29, 1.82) is 0 Å². The molecule has 0 saturated carbocycles. The van der Waals surface area contributed by atoms with Crippen molar-refractivity contribution < 1.29 is 23.8 Å². The van der Waals surface area contributed by atoms with Gasteiger partial charge in [0.1, 0.15) is 5.58 Å². The Bertz CT molecular complexity index is 743. The lowest BCUT2D eigenvalue weighted by Crippen LogP contribution is -2.46. The minimum atomic E-state index is -0.962. The Morgan fingerprint density at radius 2 is 2.00 bits per heavy atom. The second-order valence-electron chi connectivity index (χ2n) is 6.03. The van der Waals surface area contributed by atoms with Crippen molar-refractivity contribution in [3.63, 3.8) is 0 Å². The maximum atomic E-state index is 12.3. The number of hydrogen-bond donors (Lipinski definition) is 2. The number of benzene rings is 1. The number of carboxylic acid groups (broad SMARTS) is 1. The van der Waals surface area contributed by atoms with Gasteiger partial charge >= 0.3 is 5.97 Å². The monoisotopic (exact) mass is 317 g/mol. The van der Waals surface area contributed by atoms with Crippen LogP contribution in [0.3, 0.4) is 0 Å². The zero-order chi connectivity index (χ0) is 16.4. The fourth-order valence-electron chi connectivity index (χ4n) is 2.84. The lowest BCUT2D eigenvalue weighted by molar-refractivity contribution is -0.154. The molecular formula is C17H19NO5. The summed E-state index contributed by atoms with van der Waals surface area (Å²) in [6.07, 6.45) is 0.782. The zero-order valence-corrected chi connectivity index (χ0v) is 12.9. The maximum Gasteiger partial charge on any atom is 0.311 e. The molecule has 6 nitrogen and oxygen atoms in total. The summed E-state index contributed by atoms with van der Waals surface area (Å²) in [6, 6.07) is 7.34. The van der Waals surface area contributed by atoms with E-state index in [1.54, 1.807) is 6.07 Å². The minimum absolute atomic E-state index is 0.0700. The number of nitrogens with one attached hydrogen (secondary N) is 1. The summed E-state index contributed by atoms with van der Waals surface area (Å²) < 4.78 is 10.8. The van der Waals surface area contributed by atoms with Crippen molar-refractivity contribution >= 4 is 22.8 Å². The Labute approximate surface area is 133 Å². The van der Waals surface area contributed by atoms with Crippen LogP contribution in [0.25, 0.3) is 11.0 Å². The summed E-state index contributed by atoms with van der Waals surface area (Å²) in [5, 5.41) is 13.0. The number of carbonyl (C=O) groups is 2. The maximum absolute atomic E-state index is 12.3. The molecule has 1 aliphatic heterocycles. The van der Waals surface area contributed by atoms with Crippen molar-refractivity contribution in [3.8, 4) is 0 Å². The van der Waals surface area contributed by atoms with Gasteiger partial charge in [0.15, 0.2) is 5.76 Å². The fourth-order valence-corrected chi connectivity index (χ4v) is 2.84. The van der Waals surface area contributed by atoms with Gasteiger partial charge in [0.25, 0.3) is 5.91 Å². The third kappa shape index (κ3) is 3.07. The molecule has 2 heterocycles. The summed E-state index contributed by atoms with van der Waals surface area (Å²) in [4.78, 5) is 23.9. The third-order valence-electron chi connectivity index (χ3n) is 4.39. The van der Waals surface area contributed by atoms with Crippen LogP contribution in [0.1, 0.15) is 29.0 Å². The van der Waals surface area contributed by atoms with Gasteiger partial charge < -0.3 is 19.6 Å². The topological polar surface area (TPSA) is 88.8 Å². The number of aryl methyl sites for hydroxylation is 1. The smallest absolute Gasteiger partial charge is 0.311 e. The van der Waals surface area contributed by atoms with Crippen molar-refractivity contribution in [2.24, 2.45) is 5.41 Å². The molecule has 0 spiro atoms. The molecule has 0 aliphatic carbocycles. The highest BCUT2D eigenvalue weighted by Gasteiger charge is 2.40. The molecule has 122 valence electrons. The summed E-state index contributed by atoms with van der Waals surface area (Å²) in [7, 11) is 0. The summed E-state index contributed by atoms with van der Waals surface area (Å²) in [5.74, 6) is -1.11. The Morgan fingerprint density at radius 1 is 1.26 bits per heavy atom. The van der Waals surface area contributed by atoms with Crippen LogP contribution in [-0.2, 0) is 9.53 Å². The van der Waals surface area contributed by atoms with E-state index in [9.17, 15) is 14.7 Å². The first-order chi connectivity index (χ1) is 11.0.